The van der Waals surface area contributed by atoms with Gasteiger partial charge in [-0.15, -0.1) is 0 Å². The summed E-state index contributed by atoms with van der Waals surface area (Å²) < 4.78 is 37.5. The van der Waals surface area contributed by atoms with Gasteiger partial charge < -0.3 is 24.6 Å². The minimum Gasteiger partial charge on any atom is -0.454 e. The Balaban J connectivity index is 1.12. The van der Waals surface area contributed by atoms with Crippen LogP contribution in [0.2, 0.25) is 0 Å². The Kier molecular flexibility index (Phi) is 5.88. The first-order chi connectivity index (χ1) is 15.9. The van der Waals surface area contributed by atoms with Gasteiger partial charge in [-0.3, -0.25) is 9.69 Å². The molecular formula is C22H26F2N6O3. The molecule has 5 rings (SSSR count). The van der Waals surface area contributed by atoms with Gasteiger partial charge in [-0.25, -0.2) is 18.7 Å². The number of piperazine rings is 1. The summed E-state index contributed by atoms with van der Waals surface area (Å²) in [4.78, 5) is 27.3. The largest absolute Gasteiger partial charge is 0.454 e. The van der Waals surface area contributed by atoms with Gasteiger partial charge >= 0.3 is 0 Å². The maximum Gasteiger partial charge on any atom is 0.251 e. The molecule has 11 heteroatoms. The number of benzene rings is 1. The molecule has 3 aliphatic heterocycles. The van der Waals surface area contributed by atoms with E-state index in [1.807, 2.05) is 11.0 Å². The highest BCUT2D eigenvalue weighted by Gasteiger charge is 2.34. The highest BCUT2D eigenvalue weighted by Crippen LogP contribution is 2.34. The minimum absolute atomic E-state index is 0.0893. The smallest absolute Gasteiger partial charge is 0.251 e. The van der Waals surface area contributed by atoms with Crippen LogP contribution in [0.15, 0.2) is 30.6 Å². The van der Waals surface area contributed by atoms with Gasteiger partial charge in [0.1, 0.15) is 18.0 Å². The number of nitrogens with zero attached hydrogens (tertiary/aromatic N) is 5. The molecule has 3 aliphatic rings. The maximum atomic E-state index is 13.5. The van der Waals surface area contributed by atoms with Gasteiger partial charge in [-0.05, 0) is 12.1 Å². The van der Waals surface area contributed by atoms with E-state index in [4.69, 9.17) is 9.47 Å². The molecule has 2 saturated heterocycles. The Hall–Kier alpha value is -3.21. The second kappa shape index (κ2) is 8.97. The van der Waals surface area contributed by atoms with Crippen molar-refractivity contribution in [2.24, 2.45) is 0 Å². The molecule has 1 aromatic carbocycles. The van der Waals surface area contributed by atoms with E-state index >= 15 is 0 Å². The molecule has 0 spiro atoms. The number of hydrogen-bond acceptors (Lipinski definition) is 8. The number of carbonyl (C=O) groups is 1. The number of carbonyl (C=O) groups excluding carboxylic acids is 1. The molecule has 1 aromatic heterocycles. The van der Waals surface area contributed by atoms with E-state index in [9.17, 15) is 13.6 Å². The van der Waals surface area contributed by atoms with Gasteiger partial charge in [-0.2, -0.15) is 0 Å². The Labute approximate surface area is 190 Å². The number of aromatic nitrogens is 2. The van der Waals surface area contributed by atoms with Crippen LogP contribution in [0.3, 0.4) is 0 Å². The molecule has 2 aromatic rings. The average Bonchev–Trinajstić information content (AvgIpc) is 3.27. The molecule has 1 N–H and O–H groups in total. The maximum absolute atomic E-state index is 13.5. The zero-order valence-corrected chi connectivity index (χ0v) is 18.2. The summed E-state index contributed by atoms with van der Waals surface area (Å²) in [6.45, 7) is 3.91. The molecule has 176 valence electrons. The summed E-state index contributed by atoms with van der Waals surface area (Å²) in [6, 6.07) is 7.20. The van der Waals surface area contributed by atoms with Gasteiger partial charge in [0.2, 0.25) is 12.7 Å². The topological polar surface area (TPSA) is 83.1 Å². The molecule has 0 saturated carbocycles. The van der Waals surface area contributed by atoms with Crippen LogP contribution in [0, 0.1) is 0 Å². The van der Waals surface area contributed by atoms with E-state index in [-0.39, 0.29) is 38.6 Å². The Morgan fingerprint density at radius 1 is 0.939 bits per heavy atom. The molecule has 0 radical (unpaired) electrons. The van der Waals surface area contributed by atoms with Gasteiger partial charge in [0.25, 0.3) is 5.92 Å². The number of rotatable bonds is 5. The van der Waals surface area contributed by atoms with Crippen LogP contribution in [0.5, 0.6) is 11.5 Å². The van der Waals surface area contributed by atoms with Crippen LogP contribution >= 0.6 is 0 Å². The normalized spacial score (nSPS) is 20.1. The number of anilines is 3. The molecule has 9 nitrogen and oxygen atoms in total. The van der Waals surface area contributed by atoms with Crippen molar-refractivity contribution in [2.75, 3.05) is 67.7 Å². The summed E-state index contributed by atoms with van der Waals surface area (Å²) in [6.07, 6.45) is 1.18. The van der Waals surface area contributed by atoms with Gasteiger partial charge in [0.15, 0.2) is 11.5 Å². The number of ether oxygens (including phenoxy) is 2. The molecule has 0 atom stereocenters. The zero-order chi connectivity index (χ0) is 22.8. The lowest BCUT2D eigenvalue weighted by Crippen LogP contribution is -2.49. The number of nitrogens with one attached hydrogen (secondary N) is 1. The lowest BCUT2D eigenvalue weighted by atomic mass is 10.1. The average molecular weight is 460 g/mol. The van der Waals surface area contributed by atoms with E-state index in [0.717, 1.165) is 5.82 Å². The second-order valence-electron chi connectivity index (χ2n) is 8.46. The molecule has 2 fully saturated rings. The Bertz CT molecular complexity index is 1010. The molecule has 0 unspecified atom stereocenters. The van der Waals surface area contributed by atoms with Gasteiger partial charge in [0.05, 0.1) is 6.54 Å². The molecule has 1 amide bonds. The van der Waals surface area contributed by atoms with Crippen molar-refractivity contribution in [3.8, 4) is 11.5 Å². The SMILES string of the molecule is O=C(CN1CCN(c2cc(N3CCC(F)(F)CC3)ncn2)CC1)Nc1ccc2c(c1)OCO2. The number of alkyl halides is 2. The molecule has 0 bridgehead atoms. The third kappa shape index (κ3) is 5.08. The highest BCUT2D eigenvalue weighted by molar-refractivity contribution is 5.92. The Morgan fingerprint density at radius 3 is 2.33 bits per heavy atom. The van der Waals surface area contributed by atoms with Crippen LogP contribution < -0.4 is 24.6 Å². The van der Waals surface area contributed by atoms with Crippen molar-refractivity contribution in [3.63, 3.8) is 0 Å². The predicted octanol–water partition coefficient (Wildman–Crippen LogP) is 2.20. The van der Waals surface area contributed by atoms with E-state index in [0.29, 0.717) is 55.7 Å². The van der Waals surface area contributed by atoms with Gasteiger partial charge in [0, 0.05) is 69.9 Å². The van der Waals surface area contributed by atoms with E-state index in [1.165, 1.54) is 6.33 Å². The Morgan fingerprint density at radius 2 is 1.61 bits per heavy atom. The predicted molar refractivity (Wildman–Crippen MR) is 118 cm³/mol. The number of amides is 1. The van der Waals surface area contributed by atoms with Crippen LogP contribution in [0.1, 0.15) is 12.8 Å². The lowest BCUT2D eigenvalue weighted by molar-refractivity contribution is -0.117. The summed E-state index contributed by atoms with van der Waals surface area (Å²) in [7, 11) is 0. The molecule has 0 aliphatic carbocycles. The van der Waals surface area contributed by atoms with Crippen molar-refractivity contribution < 1.29 is 23.0 Å². The van der Waals surface area contributed by atoms with Crippen molar-refractivity contribution in [3.05, 3.63) is 30.6 Å². The molecule has 33 heavy (non-hydrogen) atoms. The molecular weight excluding hydrogens is 434 g/mol. The first kappa shape index (κ1) is 21.6. The van der Waals surface area contributed by atoms with Crippen LogP contribution in [0.4, 0.5) is 26.1 Å². The first-order valence-electron chi connectivity index (χ1n) is 11.1. The fourth-order valence-electron chi connectivity index (χ4n) is 4.26. The van der Waals surface area contributed by atoms with Crippen molar-refractivity contribution in [1.82, 2.24) is 14.9 Å². The quantitative estimate of drug-likeness (QED) is 0.727. The fraction of sp³-hybridized carbons (Fsp3) is 0.500. The third-order valence-corrected chi connectivity index (χ3v) is 6.18. The van der Waals surface area contributed by atoms with Crippen molar-refractivity contribution >= 4 is 23.2 Å². The first-order valence-corrected chi connectivity index (χ1v) is 11.1. The number of piperidine rings is 1. The third-order valence-electron chi connectivity index (χ3n) is 6.18. The lowest BCUT2D eigenvalue weighted by Gasteiger charge is -2.36. The van der Waals surface area contributed by atoms with Crippen LogP contribution in [-0.4, -0.2) is 79.3 Å². The monoisotopic (exact) mass is 460 g/mol. The van der Waals surface area contributed by atoms with Crippen LogP contribution in [0.25, 0.3) is 0 Å². The molecule has 4 heterocycles. The van der Waals surface area contributed by atoms with Crippen molar-refractivity contribution in [2.45, 2.75) is 18.8 Å². The summed E-state index contributed by atoms with van der Waals surface area (Å²) in [5.41, 5.74) is 0.673. The van der Waals surface area contributed by atoms with Crippen molar-refractivity contribution in [1.29, 1.82) is 0 Å². The summed E-state index contributed by atoms with van der Waals surface area (Å²) in [5.74, 6) is 0.0908. The minimum atomic E-state index is -2.59. The fourth-order valence-corrected chi connectivity index (χ4v) is 4.26. The number of hydrogen-bond donors (Lipinski definition) is 1. The zero-order valence-electron chi connectivity index (χ0n) is 18.2. The highest BCUT2D eigenvalue weighted by atomic mass is 19.3. The summed E-state index contributed by atoms with van der Waals surface area (Å²) >= 11 is 0. The summed E-state index contributed by atoms with van der Waals surface area (Å²) in [5, 5.41) is 2.90. The number of halogens is 2. The van der Waals surface area contributed by atoms with Gasteiger partial charge in [-0.1, -0.05) is 0 Å². The number of fused-ring (bicyclic) bond motifs is 1. The second-order valence-corrected chi connectivity index (χ2v) is 8.46. The standard InChI is InChI=1S/C22H26F2N6O3/c23-22(24)3-5-29(6-4-22)19-12-20(26-14-25-19)30-9-7-28(8-10-30)13-21(31)27-16-1-2-17-18(11-16)33-15-32-17/h1-2,11-12,14H,3-10,13,15H2,(H,27,31). The van der Waals surface area contributed by atoms with E-state index in [1.54, 1.807) is 18.2 Å². The van der Waals surface area contributed by atoms with Crippen LogP contribution in [-0.2, 0) is 4.79 Å². The van der Waals surface area contributed by atoms with E-state index in [2.05, 4.69) is 25.1 Å². The van der Waals surface area contributed by atoms with E-state index < -0.39 is 5.92 Å².